The van der Waals surface area contributed by atoms with Crippen molar-refractivity contribution in [1.29, 1.82) is 0 Å². The number of nitrogens with zero attached hydrogens (tertiary/aromatic N) is 2. The molecule has 1 aliphatic rings. The molecule has 21 heavy (non-hydrogen) atoms. The third kappa shape index (κ3) is 1.98. The molecule has 0 aliphatic heterocycles. The summed E-state index contributed by atoms with van der Waals surface area (Å²) in [5, 5.41) is 9.57. The summed E-state index contributed by atoms with van der Waals surface area (Å²) >= 11 is 0. The minimum Gasteiger partial charge on any atom is -0.508 e. The average Bonchev–Trinajstić information content (AvgIpc) is 3.20. The van der Waals surface area contributed by atoms with Gasteiger partial charge < -0.3 is 9.67 Å². The monoisotopic (exact) mass is 282 g/mol. The van der Waals surface area contributed by atoms with Crippen LogP contribution in [0.25, 0.3) is 22.4 Å². The van der Waals surface area contributed by atoms with Gasteiger partial charge in [-0.3, -0.25) is 0 Å². The fraction of sp³-hybridized carbons (Fsp3) is 0.235. The fourth-order valence-corrected chi connectivity index (χ4v) is 2.86. The highest BCUT2D eigenvalue weighted by molar-refractivity contribution is 5.82. The number of rotatable bonds is 2. The van der Waals surface area contributed by atoms with E-state index in [1.807, 2.05) is 13.0 Å². The van der Waals surface area contributed by atoms with E-state index in [0.717, 1.165) is 35.3 Å². The summed E-state index contributed by atoms with van der Waals surface area (Å²) in [6.07, 6.45) is 2.26. The normalized spacial score (nSPS) is 14.8. The molecule has 0 atom stereocenters. The van der Waals surface area contributed by atoms with Crippen molar-refractivity contribution in [1.82, 2.24) is 9.55 Å². The molecule has 1 aromatic heterocycles. The number of aromatic nitrogens is 2. The molecule has 1 fully saturated rings. The third-order valence-electron chi connectivity index (χ3n) is 4.01. The minimum atomic E-state index is -0.267. The van der Waals surface area contributed by atoms with Crippen LogP contribution in [0.3, 0.4) is 0 Å². The summed E-state index contributed by atoms with van der Waals surface area (Å²) in [5.41, 5.74) is 3.61. The molecule has 0 saturated heterocycles. The number of aromatic hydroxyl groups is 1. The summed E-state index contributed by atoms with van der Waals surface area (Å²) in [6.45, 7) is 1.95. The lowest BCUT2D eigenvalue weighted by atomic mass is 10.1. The summed E-state index contributed by atoms with van der Waals surface area (Å²) < 4.78 is 15.6. The van der Waals surface area contributed by atoms with Crippen molar-refractivity contribution in [3.05, 3.63) is 47.8 Å². The maximum Gasteiger partial charge on any atom is 0.141 e. The first kappa shape index (κ1) is 12.4. The first-order valence-corrected chi connectivity index (χ1v) is 7.11. The van der Waals surface area contributed by atoms with E-state index in [-0.39, 0.29) is 11.6 Å². The van der Waals surface area contributed by atoms with Crippen LogP contribution >= 0.6 is 0 Å². The number of halogens is 1. The first-order valence-electron chi connectivity index (χ1n) is 7.11. The molecule has 4 rings (SSSR count). The Morgan fingerprint density at radius 2 is 2.00 bits per heavy atom. The third-order valence-corrected chi connectivity index (χ3v) is 4.01. The van der Waals surface area contributed by atoms with Crippen LogP contribution in [0.5, 0.6) is 5.75 Å². The number of phenols is 1. The highest BCUT2D eigenvalue weighted by Crippen LogP contribution is 2.42. The standard InChI is InChI=1S/C17H15FN2O/c1-10-8-13(21)5-6-14(10)17-19-15-9-11(18)2-7-16(15)20(17)12-3-4-12/h2,5-9,12,21H,3-4H2,1H3. The van der Waals surface area contributed by atoms with Crippen LogP contribution < -0.4 is 0 Å². The van der Waals surface area contributed by atoms with Gasteiger partial charge in [-0.05, 0) is 55.7 Å². The molecule has 0 bridgehead atoms. The zero-order valence-electron chi connectivity index (χ0n) is 11.7. The largest absolute Gasteiger partial charge is 0.508 e. The number of fused-ring (bicyclic) bond motifs is 1. The molecule has 3 nitrogen and oxygen atoms in total. The van der Waals surface area contributed by atoms with Crippen LogP contribution in [0, 0.1) is 12.7 Å². The van der Waals surface area contributed by atoms with Gasteiger partial charge in [0.1, 0.15) is 17.4 Å². The molecule has 4 heteroatoms. The molecule has 1 heterocycles. The van der Waals surface area contributed by atoms with E-state index in [9.17, 15) is 9.50 Å². The van der Waals surface area contributed by atoms with Gasteiger partial charge in [0.2, 0.25) is 0 Å². The van der Waals surface area contributed by atoms with Crippen molar-refractivity contribution < 1.29 is 9.50 Å². The Bertz CT molecular complexity index is 849. The summed E-state index contributed by atoms with van der Waals surface area (Å²) in [4.78, 5) is 4.64. The van der Waals surface area contributed by atoms with Gasteiger partial charge in [-0.15, -0.1) is 0 Å². The van der Waals surface area contributed by atoms with Crippen LogP contribution in [0.15, 0.2) is 36.4 Å². The van der Waals surface area contributed by atoms with E-state index in [2.05, 4.69) is 9.55 Å². The molecule has 1 aliphatic carbocycles. The van der Waals surface area contributed by atoms with Crippen molar-refractivity contribution in [2.75, 3.05) is 0 Å². The predicted molar refractivity (Wildman–Crippen MR) is 79.8 cm³/mol. The van der Waals surface area contributed by atoms with Gasteiger partial charge >= 0.3 is 0 Å². The minimum absolute atomic E-state index is 0.247. The van der Waals surface area contributed by atoms with Crippen molar-refractivity contribution in [3.8, 4) is 17.1 Å². The second kappa shape index (κ2) is 4.32. The molecule has 106 valence electrons. The number of imidazole rings is 1. The number of phenolic OH excluding ortho intramolecular Hbond substituents is 1. The molecule has 0 spiro atoms. The van der Waals surface area contributed by atoms with Crippen LogP contribution in [-0.2, 0) is 0 Å². The Hall–Kier alpha value is -2.36. The predicted octanol–water partition coefficient (Wildman–Crippen LogP) is 4.19. The zero-order chi connectivity index (χ0) is 14.6. The van der Waals surface area contributed by atoms with Crippen LogP contribution in [0.2, 0.25) is 0 Å². The zero-order valence-corrected chi connectivity index (χ0v) is 11.7. The quantitative estimate of drug-likeness (QED) is 0.765. The molecule has 1 saturated carbocycles. The van der Waals surface area contributed by atoms with E-state index in [4.69, 9.17) is 0 Å². The Kier molecular flexibility index (Phi) is 2.55. The lowest BCUT2D eigenvalue weighted by molar-refractivity contribution is 0.475. The van der Waals surface area contributed by atoms with Crippen LogP contribution in [0.1, 0.15) is 24.4 Å². The number of hydrogen-bond donors (Lipinski definition) is 1. The van der Waals surface area contributed by atoms with Gasteiger partial charge in [0.05, 0.1) is 11.0 Å². The second-order valence-corrected chi connectivity index (χ2v) is 5.67. The van der Waals surface area contributed by atoms with Gasteiger partial charge in [-0.25, -0.2) is 9.37 Å². The van der Waals surface area contributed by atoms with Crippen molar-refractivity contribution >= 4 is 11.0 Å². The van der Waals surface area contributed by atoms with Gasteiger partial charge in [0, 0.05) is 17.7 Å². The molecular formula is C17H15FN2O. The van der Waals surface area contributed by atoms with E-state index >= 15 is 0 Å². The Morgan fingerprint density at radius 3 is 2.71 bits per heavy atom. The average molecular weight is 282 g/mol. The van der Waals surface area contributed by atoms with Crippen LogP contribution in [-0.4, -0.2) is 14.7 Å². The Balaban J connectivity index is 2.01. The van der Waals surface area contributed by atoms with Gasteiger partial charge in [0.15, 0.2) is 0 Å². The van der Waals surface area contributed by atoms with Gasteiger partial charge in [0.25, 0.3) is 0 Å². The maximum atomic E-state index is 13.4. The van der Waals surface area contributed by atoms with Gasteiger partial charge in [-0.1, -0.05) is 0 Å². The molecule has 0 unspecified atom stereocenters. The number of hydrogen-bond acceptors (Lipinski definition) is 2. The Labute approximate surface area is 121 Å². The van der Waals surface area contributed by atoms with E-state index in [0.29, 0.717) is 11.6 Å². The maximum absolute atomic E-state index is 13.4. The number of aryl methyl sites for hydroxylation is 1. The van der Waals surface area contributed by atoms with E-state index < -0.39 is 0 Å². The Morgan fingerprint density at radius 1 is 1.19 bits per heavy atom. The molecule has 3 aromatic rings. The molecule has 0 radical (unpaired) electrons. The molecule has 2 aromatic carbocycles. The summed E-state index contributed by atoms with van der Waals surface area (Å²) in [6, 6.07) is 10.5. The molecular weight excluding hydrogens is 267 g/mol. The lowest BCUT2D eigenvalue weighted by Crippen LogP contribution is -1.98. The van der Waals surface area contributed by atoms with Crippen molar-refractivity contribution in [2.45, 2.75) is 25.8 Å². The van der Waals surface area contributed by atoms with Crippen molar-refractivity contribution in [2.24, 2.45) is 0 Å². The highest BCUT2D eigenvalue weighted by Gasteiger charge is 2.29. The smallest absolute Gasteiger partial charge is 0.141 e. The van der Waals surface area contributed by atoms with Crippen LogP contribution in [0.4, 0.5) is 4.39 Å². The first-order chi connectivity index (χ1) is 10.1. The SMILES string of the molecule is Cc1cc(O)ccc1-c1nc2cc(F)ccc2n1C1CC1. The molecule has 0 amide bonds. The van der Waals surface area contributed by atoms with E-state index in [1.165, 1.54) is 12.1 Å². The van der Waals surface area contributed by atoms with Crippen molar-refractivity contribution in [3.63, 3.8) is 0 Å². The second-order valence-electron chi connectivity index (χ2n) is 5.67. The lowest BCUT2D eigenvalue weighted by Gasteiger charge is -2.10. The summed E-state index contributed by atoms with van der Waals surface area (Å²) in [5.74, 6) is 0.837. The van der Waals surface area contributed by atoms with E-state index in [1.54, 1.807) is 18.2 Å². The fourth-order valence-electron chi connectivity index (χ4n) is 2.86. The molecule has 1 N–H and O–H groups in total. The highest BCUT2D eigenvalue weighted by atomic mass is 19.1. The van der Waals surface area contributed by atoms with Gasteiger partial charge in [-0.2, -0.15) is 0 Å². The summed E-state index contributed by atoms with van der Waals surface area (Å²) in [7, 11) is 0. The topological polar surface area (TPSA) is 38.1 Å². The number of benzene rings is 2.